The first kappa shape index (κ1) is 5.53. The van der Waals surface area contributed by atoms with Gasteiger partial charge in [0.25, 0.3) is 0 Å². The van der Waals surface area contributed by atoms with Crippen molar-refractivity contribution in [1.29, 1.82) is 0 Å². The van der Waals surface area contributed by atoms with Crippen molar-refractivity contribution in [2.75, 3.05) is 0 Å². The Morgan fingerprint density at radius 3 is 2.50 bits per heavy atom. The lowest BCUT2D eigenvalue weighted by Gasteiger charge is -1.87. The van der Waals surface area contributed by atoms with E-state index in [1.165, 1.54) is 0 Å². The zero-order valence-corrected chi connectivity index (χ0v) is 3.69. The maximum absolute atomic E-state index is 9.94. The van der Waals surface area contributed by atoms with E-state index < -0.39 is 0 Å². The number of rotatable bonds is 1. The van der Waals surface area contributed by atoms with Crippen molar-refractivity contribution in [2.45, 2.75) is 13.3 Å². The molecule has 0 aliphatic carbocycles. The first-order valence-electron chi connectivity index (χ1n) is 1.80. The molecule has 0 unspecified atom stereocenters. The number of nitrogens with one attached hydrogen (secondary N) is 1. The Hall–Kier alpha value is -0.465. The highest BCUT2D eigenvalue weighted by Crippen LogP contribution is 1.67. The molecule has 2 nitrogen and oxygen atoms in total. The van der Waals surface area contributed by atoms with Gasteiger partial charge in [0.05, 0.1) is 0 Å². The van der Waals surface area contributed by atoms with Crippen LogP contribution in [0.1, 0.15) is 13.3 Å². The molecule has 0 aliphatic heterocycles. The summed E-state index contributed by atoms with van der Waals surface area (Å²) in [5, 5.41) is 1.98. The Kier molecular flexibility index (Phi) is 2.54. The molecular weight excluding hydrogens is 76.9 g/mol. The molecule has 0 spiro atoms. The fourth-order valence-electron chi connectivity index (χ4n) is 0.102. The van der Waals surface area contributed by atoms with Gasteiger partial charge in [-0.05, 0) is 0 Å². The molecule has 0 saturated heterocycles. The molecule has 6 heavy (non-hydrogen) atoms. The third-order valence-electron chi connectivity index (χ3n) is 0.482. The zero-order valence-electron chi connectivity index (χ0n) is 3.69. The molecule has 2 radical (unpaired) electrons. The third-order valence-corrected chi connectivity index (χ3v) is 0.482. The van der Waals surface area contributed by atoms with Crippen LogP contribution in [0.2, 0.25) is 0 Å². The summed E-state index contributed by atoms with van der Waals surface area (Å²) < 4.78 is 0. The molecule has 0 rings (SSSR count). The minimum Gasteiger partial charge on any atom is -0.409 e. The number of amides is 1. The summed E-state index contributed by atoms with van der Waals surface area (Å²) in [4.78, 5) is 9.94. The van der Waals surface area contributed by atoms with Gasteiger partial charge in [0.1, 0.15) is 0 Å². The Balaban J connectivity index is 2.99. The van der Waals surface area contributed by atoms with E-state index in [1.807, 2.05) is 5.23 Å². The highest BCUT2D eigenvalue weighted by atomic mass is 16.1. The van der Waals surface area contributed by atoms with E-state index in [0.717, 1.165) is 0 Å². The molecule has 0 heterocycles. The smallest absolute Gasteiger partial charge is 0.226 e. The van der Waals surface area contributed by atoms with Crippen LogP contribution in [-0.4, -0.2) is 13.9 Å². The summed E-state index contributed by atoms with van der Waals surface area (Å²) in [6.07, 6.45) is 0.455. The molecule has 1 amide bonds. The first-order chi connectivity index (χ1) is 2.81. The molecular formula is C3H6BNO. The van der Waals surface area contributed by atoms with Crippen molar-refractivity contribution >= 4 is 13.9 Å². The molecule has 0 atom stereocenters. The van der Waals surface area contributed by atoms with Crippen molar-refractivity contribution in [3.63, 3.8) is 0 Å². The molecule has 0 aromatic heterocycles. The van der Waals surface area contributed by atoms with Crippen molar-refractivity contribution in [3.05, 3.63) is 0 Å². The Morgan fingerprint density at radius 1 is 2.00 bits per heavy atom. The SMILES string of the molecule is [B]NC(=O)CC. The van der Waals surface area contributed by atoms with E-state index in [0.29, 0.717) is 6.42 Å². The van der Waals surface area contributed by atoms with E-state index in [1.54, 1.807) is 6.92 Å². The molecule has 0 aromatic rings. The van der Waals surface area contributed by atoms with Gasteiger partial charge in [-0.25, -0.2) is 0 Å². The number of carbonyl (C=O) groups is 1. The molecule has 0 aromatic carbocycles. The summed E-state index contributed by atoms with van der Waals surface area (Å²) in [6, 6.07) is 0. The van der Waals surface area contributed by atoms with E-state index >= 15 is 0 Å². The average Bonchev–Trinajstić information content (AvgIpc) is 1.65. The lowest BCUT2D eigenvalue weighted by molar-refractivity contribution is -0.119. The second-order valence-electron chi connectivity index (χ2n) is 0.921. The topological polar surface area (TPSA) is 29.1 Å². The van der Waals surface area contributed by atoms with E-state index in [2.05, 4.69) is 7.98 Å². The molecule has 0 saturated carbocycles. The van der Waals surface area contributed by atoms with Crippen molar-refractivity contribution in [3.8, 4) is 0 Å². The first-order valence-corrected chi connectivity index (χ1v) is 1.80. The Morgan fingerprint density at radius 2 is 2.50 bits per heavy atom. The number of hydrogen-bond donors (Lipinski definition) is 1. The summed E-state index contributed by atoms with van der Waals surface area (Å²) in [7, 11) is 4.68. The lowest BCUT2D eigenvalue weighted by atomic mass is 10.3. The van der Waals surface area contributed by atoms with Crippen molar-refractivity contribution < 1.29 is 4.79 Å². The summed E-state index contributed by atoms with van der Waals surface area (Å²) in [5.74, 6) is -0.130. The van der Waals surface area contributed by atoms with Crippen LogP contribution in [0.3, 0.4) is 0 Å². The Labute approximate surface area is 38.4 Å². The number of carbonyl (C=O) groups excluding carboxylic acids is 1. The predicted octanol–water partition coefficient (Wildman–Crippen LogP) is -0.404. The maximum atomic E-state index is 9.94. The fraction of sp³-hybridized carbons (Fsp3) is 0.667. The van der Waals surface area contributed by atoms with E-state index in [4.69, 9.17) is 0 Å². The van der Waals surface area contributed by atoms with Gasteiger partial charge in [-0.3, -0.25) is 4.79 Å². The van der Waals surface area contributed by atoms with Crippen LogP contribution in [0.4, 0.5) is 0 Å². The molecule has 0 fully saturated rings. The van der Waals surface area contributed by atoms with Gasteiger partial charge in [-0.2, -0.15) is 0 Å². The minimum absolute atomic E-state index is 0.130. The predicted molar refractivity (Wildman–Crippen MR) is 24.2 cm³/mol. The summed E-state index contributed by atoms with van der Waals surface area (Å²) in [6.45, 7) is 1.74. The van der Waals surface area contributed by atoms with Crippen LogP contribution in [0.5, 0.6) is 0 Å². The van der Waals surface area contributed by atoms with Gasteiger partial charge in [0.15, 0.2) is 0 Å². The Bertz CT molecular complexity index is 48.8. The zero-order chi connectivity index (χ0) is 4.99. The normalized spacial score (nSPS) is 7.50. The van der Waals surface area contributed by atoms with Crippen LogP contribution in [0.25, 0.3) is 0 Å². The van der Waals surface area contributed by atoms with Gasteiger partial charge >= 0.3 is 0 Å². The fourth-order valence-corrected chi connectivity index (χ4v) is 0.102. The molecule has 0 bridgehead atoms. The highest BCUT2D eigenvalue weighted by Gasteiger charge is 1.84. The van der Waals surface area contributed by atoms with Crippen LogP contribution >= 0.6 is 0 Å². The third kappa shape index (κ3) is 1.82. The van der Waals surface area contributed by atoms with Crippen LogP contribution < -0.4 is 5.23 Å². The van der Waals surface area contributed by atoms with Gasteiger partial charge in [-0.1, -0.05) is 6.92 Å². The quantitative estimate of drug-likeness (QED) is 0.429. The average molecular weight is 82.9 g/mol. The van der Waals surface area contributed by atoms with Gasteiger partial charge in [-0.15, -0.1) is 0 Å². The minimum atomic E-state index is -0.130. The summed E-state index contributed by atoms with van der Waals surface area (Å²) in [5.41, 5.74) is 0. The van der Waals surface area contributed by atoms with Crippen molar-refractivity contribution in [1.82, 2.24) is 5.23 Å². The van der Waals surface area contributed by atoms with Gasteiger partial charge in [0.2, 0.25) is 13.9 Å². The van der Waals surface area contributed by atoms with Crippen molar-refractivity contribution in [2.24, 2.45) is 0 Å². The van der Waals surface area contributed by atoms with Crippen LogP contribution in [-0.2, 0) is 4.79 Å². The van der Waals surface area contributed by atoms with Gasteiger partial charge < -0.3 is 5.23 Å². The van der Waals surface area contributed by atoms with E-state index in [-0.39, 0.29) is 5.91 Å². The molecule has 1 N–H and O–H groups in total. The molecule has 32 valence electrons. The second kappa shape index (κ2) is 2.76. The van der Waals surface area contributed by atoms with Crippen LogP contribution in [0, 0.1) is 0 Å². The molecule has 0 aliphatic rings. The second-order valence-corrected chi connectivity index (χ2v) is 0.921. The maximum Gasteiger partial charge on any atom is 0.226 e. The van der Waals surface area contributed by atoms with E-state index in [9.17, 15) is 4.79 Å². The van der Waals surface area contributed by atoms with Gasteiger partial charge in [0, 0.05) is 6.42 Å². The standard InChI is InChI=1S/C3H6BNO/c1-2-3(6)5-4/h2H2,1H3,(H,5,6). The monoisotopic (exact) mass is 83.1 g/mol. The number of hydrogen-bond acceptors (Lipinski definition) is 1. The largest absolute Gasteiger partial charge is 0.409 e. The summed E-state index contributed by atoms with van der Waals surface area (Å²) >= 11 is 0. The highest BCUT2D eigenvalue weighted by molar-refractivity contribution is 6.14. The lowest BCUT2D eigenvalue weighted by Crippen LogP contribution is -2.17. The van der Waals surface area contributed by atoms with Crippen LogP contribution in [0.15, 0.2) is 0 Å². The molecule has 3 heteroatoms.